The average molecular weight is 221 g/mol. The molecule has 0 fully saturated rings. The predicted molar refractivity (Wildman–Crippen MR) is 55.4 cm³/mol. The van der Waals surface area contributed by atoms with Gasteiger partial charge in [0.1, 0.15) is 6.33 Å². The van der Waals surface area contributed by atoms with E-state index < -0.39 is 0 Å². The van der Waals surface area contributed by atoms with E-state index in [-0.39, 0.29) is 24.8 Å². The van der Waals surface area contributed by atoms with E-state index in [1.165, 1.54) is 0 Å². The lowest BCUT2D eigenvalue weighted by atomic mass is 10.3. The molecule has 0 spiro atoms. The Hall–Kier alpha value is -0.840. The smallest absolute Gasteiger partial charge is 0.160 e. The molecule has 0 saturated heterocycles. The second-order valence-electron chi connectivity index (χ2n) is 2.34. The lowest BCUT2D eigenvalue weighted by Crippen LogP contribution is -1.96. The van der Waals surface area contributed by atoms with Crippen LogP contribution < -0.4 is 5.73 Å². The number of fused-ring (bicyclic) bond motifs is 1. The second-order valence-corrected chi connectivity index (χ2v) is 2.34. The molecule has 0 aliphatic heterocycles. The lowest BCUT2D eigenvalue weighted by Gasteiger charge is -1.95. The monoisotopic (exact) mass is 220 g/mol. The van der Waals surface area contributed by atoms with Crippen molar-refractivity contribution in [2.24, 2.45) is 5.73 Å². The third-order valence-corrected chi connectivity index (χ3v) is 1.60. The Morgan fingerprint density at radius 1 is 1.38 bits per heavy atom. The van der Waals surface area contributed by atoms with Crippen LogP contribution in [0.15, 0.2) is 24.7 Å². The van der Waals surface area contributed by atoms with Crippen LogP contribution >= 0.6 is 24.8 Å². The molecule has 0 aliphatic rings. The molecule has 2 heterocycles. The van der Waals surface area contributed by atoms with E-state index in [0.717, 1.165) is 11.2 Å². The molecule has 0 aromatic carbocycles. The molecule has 6 heteroatoms. The molecule has 4 nitrogen and oxygen atoms in total. The lowest BCUT2D eigenvalue weighted by molar-refractivity contribution is 1.05. The third-order valence-electron chi connectivity index (χ3n) is 1.60. The first kappa shape index (κ1) is 12.2. The fraction of sp³-hybridized carbons (Fsp3) is 0.143. The molecule has 2 aromatic heterocycles. The highest BCUT2D eigenvalue weighted by Crippen LogP contribution is 2.02. The molecule has 13 heavy (non-hydrogen) atoms. The van der Waals surface area contributed by atoms with Crippen LogP contribution in [-0.4, -0.2) is 14.6 Å². The molecule has 2 rings (SSSR count). The van der Waals surface area contributed by atoms with Gasteiger partial charge in [0.15, 0.2) is 5.65 Å². The van der Waals surface area contributed by atoms with Crippen molar-refractivity contribution in [2.75, 3.05) is 0 Å². The van der Waals surface area contributed by atoms with E-state index in [1.54, 1.807) is 6.33 Å². The molecule has 2 aromatic rings. The molecule has 0 amide bonds. The van der Waals surface area contributed by atoms with Crippen LogP contribution in [0.5, 0.6) is 0 Å². The minimum atomic E-state index is 0. The van der Waals surface area contributed by atoms with E-state index in [2.05, 4.69) is 10.2 Å². The van der Waals surface area contributed by atoms with Crippen LogP contribution in [0.3, 0.4) is 0 Å². The zero-order valence-corrected chi connectivity index (χ0v) is 8.38. The van der Waals surface area contributed by atoms with Gasteiger partial charge in [-0.15, -0.1) is 35.0 Å². The maximum Gasteiger partial charge on any atom is 0.160 e. The van der Waals surface area contributed by atoms with Gasteiger partial charge in [0.25, 0.3) is 0 Å². The van der Waals surface area contributed by atoms with Crippen LogP contribution in [0.1, 0.15) is 5.56 Å². The maximum absolute atomic E-state index is 5.45. The normalized spacial score (nSPS) is 9.00. The molecule has 0 unspecified atom stereocenters. The zero-order valence-electron chi connectivity index (χ0n) is 6.75. The van der Waals surface area contributed by atoms with Gasteiger partial charge in [0.2, 0.25) is 0 Å². The number of nitrogens with zero attached hydrogens (tertiary/aromatic N) is 3. The van der Waals surface area contributed by atoms with E-state index in [0.29, 0.717) is 6.54 Å². The summed E-state index contributed by atoms with van der Waals surface area (Å²) in [4.78, 5) is 0. The molecule has 2 N–H and O–H groups in total. The van der Waals surface area contributed by atoms with E-state index in [9.17, 15) is 0 Å². The highest BCUT2D eigenvalue weighted by molar-refractivity contribution is 5.85. The van der Waals surface area contributed by atoms with Gasteiger partial charge >= 0.3 is 0 Å². The first-order valence-electron chi connectivity index (χ1n) is 3.38. The molecular formula is C7H10Cl2N4. The first-order chi connectivity index (χ1) is 5.40. The number of aromatic nitrogens is 3. The Kier molecular flexibility index (Phi) is 4.69. The van der Waals surface area contributed by atoms with Gasteiger partial charge in [-0.1, -0.05) is 0 Å². The Morgan fingerprint density at radius 3 is 2.85 bits per heavy atom. The number of pyridine rings is 1. The van der Waals surface area contributed by atoms with Crippen molar-refractivity contribution in [3.8, 4) is 0 Å². The van der Waals surface area contributed by atoms with Crippen LogP contribution in [-0.2, 0) is 6.54 Å². The largest absolute Gasteiger partial charge is 0.326 e. The molecule has 0 bridgehead atoms. The molecule has 0 saturated carbocycles. The Bertz CT molecular complexity index is 373. The van der Waals surface area contributed by atoms with Crippen molar-refractivity contribution >= 4 is 30.5 Å². The van der Waals surface area contributed by atoms with Gasteiger partial charge in [-0.2, -0.15) is 0 Å². The number of halogens is 2. The Morgan fingerprint density at radius 2 is 2.15 bits per heavy atom. The summed E-state index contributed by atoms with van der Waals surface area (Å²) in [6.07, 6.45) is 3.56. The van der Waals surface area contributed by atoms with Crippen LogP contribution in [0.25, 0.3) is 5.65 Å². The average Bonchev–Trinajstić information content (AvgIpc) is 2.50. The van der Waals surface area contributed by atoms with Crippen LogP contribution in [0, 0.1) is 0 Å². The fourth-order valence-corrected chi connectivity index (χ4v) is 0.987. The van der Waals surface area contributed by atoms with Gasteiger partial charge in [-0.05, 0) is 17.7 Å². The molecule has 0 radical (unpaired) electrons. The van der Waals surface area contributed by atoms with E-state index in [1.807, 2.05) is 22.7 Å². The quantitative estimate of drug-likeness (QED) is 0.782. The van der Waals surface area contributed by atoms with E-state index >= 15 is 0 Å². The molecule has 0 aliphatic carbocycles. The van der Waals surface area contributed by atoms with Crippen LogP contribution in [0.4, 0.5) is 0 Å². The Labute approximate surface area is 88.0 Å². The second kappa shape index (κ2) is 5.01. The number of hydrogen-bond donors (Lipinski definition) is 1. The molecular weight excluding hydrogens is 211 g/mol. The maximum atomic E-state index is 5.45. The minimum absolute atomic E-state index is 0. The van der Waals surface area contributed by atoms with Gasteiger partial charge in [0.05, 0.1) is 0 Å². The Balaban J connectivity index is 0.000000720. The summed E-state index contributed by atoms with van der Waals surface area (Å²) in [5.41, 5.74) is 7.37. The number of hydrogen-bond acceptors (Lipinski definition) is 3. The SMILES string of the molecule is Cl.Cl.NCc1ccn2cnnc2c1. The summed E-state index contributed by atoms with van der Waals surface area (Å²) < 4.78 is 1.85. The molecule has 0 atom stereocenters. The standard InChI is InChI=1S/C7H8N4.2ClH/c8-4-6-1-2-11-5-9-10-7(11)3-6;;/h1-3,5H,4,8H2;2*1H. The summed E-state index contributed by atoms with van der Waals surface area (Å²) in [5, 5.41) is 7.63. The summed E-state index contributed by atoms with van der Waals surface area (Å²) in [6, 6.07) is 3.88. The van der Waals surface area contributed by atoms with Crippen LogP contribution in [0.2, 0.25) is 0 Å². The van der Waals surface area contributed by atoms with Crippen molar-refractivity contribution in [3.05, 3.63) is 30.2 Å². The summed E-state index contributed by atoms with van der Waals surface area (Å²) in [5.74, 6) is 0. The number of nitrogens with two attached hydrogens (primary N) is 1. The highest BCUT2D eigenvalue weighted by Gasteiger charge is 1.94. The topological polar surface area (TPSA) is 56.2 Å². The van der Waals surface area contributed by atoms with Crippen molar-refractivity contribution in [1.29, 1.82) is 0 Å². The van der Waals surface area contributed by atoms with Crippen molar-refractivity contribution in [3.63, 3.8) is 0 Å². The summed E-state index contributed by atoms with van der Waals surface area (Å²) in [6.45, 7) is 0.545. The van der Waals surface area contributed by atoms with Gasteiger partial charge < -0.3 is 5.73 Å². The van der Waals surface area contributed by atoms with Crippen molar-refractivity contribution in [2.45, 2.75) is 6.54 Å². The van der Waals surface area contributed by atoms with Gasteiger partial charge in [0, 0.05) is 12.7 Å². The highest BCUT2D eigenvalue weighted by atomic mass is 35.5. The first-order valence-corrected chi connectivity index (χ1v) is 3.38. The van der Waals surface area contributed by atoms with Gasteiger partial charge in [-0.3, -0.25) is 4.40 Å². The minimum Gasteiger partial charge on any atom is -0.326 e. The summed E-state index contributed by atoms with van der Waals surface area (Å²) in [7, 11) is 0. The van der Waals surface area contributed by atoms with Gasteiger partial charge in [-0.25, -0.2) is 0 Å². The van der Waals surface area contributed by atoms with E-state index in [4.69, 9.17) is 5.73 Å². The number of rotatable bonds is 1. The third kappa shape index (κ3) is 2.30. The zero-order chi connectivity index (χ0) is 7.68. The van der Waals surface area contributed by atoms with Crippen molar-refractivity contribution in [1.82, 2.24) is 14.6 Å². The van der Waals surface area contributed by atoms with Crippen molar-refractivity contribution < 1.29 is 0 Å². The predicted octanol–water partition coefficient (Wildman–Crippen LogP) is 1.03. The molecule has 72 valence electrons. The fourth-order valence-electron chi connectivity index (χ4n) is 0.987. The summed E-state index contributed by atoms with van der Waals surface area (Å²) >= 11 is 0.